The van der Waals surface area contributed by atoms with Crippen LogP contribution in [-0.4, -0.2) is 51.7 Å². The molecule has 9 heteroatoms. The molecule has 6 rings (SSSR count). The number of halogens is 1. The highest BCUT2D eigenvalue weighted by Crippen LogP contribution is 2.33. The van der Waals surface area contributed by atoms with Gasteiger partial charge in [-0.3, -0.25) is 9.69 Å². The second kappa shape index (κ2) is 12.0. The predicted molar refractivity (Wildman–Crippen MR) is 171 cm³/mol. The fourth-order valence-corrected chi connectivity index (χ4v) is 5.74. The van der Waals surface area contributed by atoms with E-state index in [1.165, 1.54) is 0 Å². The van der Waals surface area contributed by atoms with Crippen LogP contribution in [0.5, 0.6) is 11.5 Å². The normalized spacial score (nSPS) is 14.0. The van der Waals surface area contributed by atoms with Crippen molar-refractivity contribution in [2.45, 2.75) is 26.4 Å². The molecule has 5 aromatic rings. The van der Waals surface area contributed by atoms with Gasteiger partial charge in [0.2, 0.25) is 0 Å². The van der Waals surface area contributed by atoms with Gasteiger partial charge in [-0.2, -0.15) is 0 Å². The number of carbonyl (C=O) groups is 1. The Labute approximate surface area is 254 Å². The Bertz CT molecular complexity index is 1840. The molecule has 0 aliphatic carbocycles. The maximum atomic E-state index is 12.9. The summed E-state index contributed by atoms with van der Waals surface area (Å²) in [5, 5.41) is 11.5. The molecule has 0 saturated carbocycles. The fraction of sp³-hybridized carbons (Fsp3) is 0.235. The van der Waals surface area contributed by atoms with Crippen molar-refractivity contribution in [1.29, 1.82) is 0 Å². The fourth-order valence-electron chi connectivity index (χ4n) is 5.62. The van der Waals surface area contributed by atoms with Gasteiger partial charge in [0.15, 0.2) is 0 Å². The van der Waals surface area contributed by atoms with Crippen molar-refractivity contribution >= 4 is 34.2 Å². The number of hydrogen-bond acceptors (Lipinski definition) is 5. The second-order valence-electron chi connectivity index (χ2n) is 11.1. The van der Waals surface area contributed by atoms with Crippen LogP contribution in [0, 0.1) is 0 Å². The van der Waals surface area contributed by atoms with Crippen LogP contribution >= 0.6 is 11.6 Å². The number of aromatic nitrogens is 2. The number of nitrogens with one attached hydrogen (secondary N) is 1. The lowest BCUT2D eigenvalue weighted by Crippen LogP contribution is -2.46. The SMILES string of the molecule is CC(C)n1cc(CN2CCN(c3ccc(C(=O)O)c(Oc4ccc5[nH]ccc5c4)c3)CC2)c(-c2ccc(Cl)cc2)cc1=O. The van der Waals surface area contributed by atoms with Crippen LogP contribution < -0.4 is 15.2 Å². The van der Waals surface area contributed by atoms with E-state index in [1.807, 2.05) is 86.9 Å². The molecule has 2 aromatic heterocycles. The third-order valence-corrected chi connectivity index (χ3v) is 8.21. The average Bonchev–Trinajstić information content (AvgIpc) is 3.46. The Hall–Kier alpha value is -4.53. The molecule has 8 nitrogen and oxygen atoms in total. The standard InChI is InChI=1S/C34H33ClN4O4/c1-22(2)39-21-25(30(19-33(39)40)23-3-5-26(35)6-4-23)20-37-13-15-38(16-14-37)27-7-9-29(34(41)42)32(18-27)43-28-8-10-31-24(17-28)11-12-36-31/h3-12,17-19,21-22,36H,13-16,20H2,1-2H3,(H,41,42). The zero-order chi connectivity index (χ0) is 30.1. The van der Waals surface area contributed by atoms with Crippen LogP contribution in [0.25, 0.3) is 22.0 Å². The quantitative estimate of drug-likeness (QED) is 0.200. The molecular weight excluding hydrogens is 564 g/mol. The Morgan fingerprint density at radius 2 is 1.74 bits per heavy atom. The van der Waals surface area contributed by atoms with Crippen LogP contribution in [0.2, 0.25) is 5.02 Å². The van der Waals surface area contributed by atoms with Gasteiger partial charge in [0.25, 0.3) is 5.56 Å². The molecule has 0 bridgehead atoms. The highest BCUT2D eigenvalue weighted by molar-refractivity contribution is 6.30. The molecular formula is C34H33ClN4O4. The van der Waals surface area contributed by atoms with Gasteiger partial charge in [-0.25, -0.2) is 4.79 Å². The van der Waals surface area contributed by atoms with Crippen LogP contribution in [0.15, 0.2) is 90.0 Å². The van der Waals surface area contributed by atoms with Crippen molar-refractivity contribution in [3.63, 3.8) is 0 Å². The molecule has 1 saturated heterocycles. The summed E-state index contributed by atoms with van der Waals surface area (Å²) in [7, 11) is 0. The van der Waals surface area contributed by atoms with Crippen molar-refractivity contribution in [3.8, 4) is 22.6 Å². The summed E-state index contributed by atoms with van der Waals surface area (Å²) in [6.07, 6.45) is 3.85. The summed E-state index contributed by atoms with van der Waals surface area (Å²) in [4.78, 5) is 32.7. The smallest absolute Gasteiger partial charge is 0.339 e. The maximum absolute atomic E-state index is 12.9. The lowest BCUT2D eigenvalue weighted by atomic mass is 10.0. The minimum absolute atomic E-state index is 0.0237. The van der Waals surface area contributed by atoms with Gasteiger partial charge in [-0.1, -0.05) is 23.7 Å². The number of aromatic carboxylic acids is 1. The number of H-pyrrole nitrogens is 1. The van der Waals surface area contributed by atoms with E-state index in [2.05, 4.69) is 14.8 Å². The minimum atomic E-state index is -1.03. The molecule has 3 heterocycles. The summed E-state index contributed by atoms with van der Waals surface area (Å²) >= 11 is 6.13. The molecule has 2 N–H and O–H groups in total. The number of carboxylic acid groups (broad SMARTS) is 1. The summed E-state index contributed by atoms with van der Waals surface area (Å²) in [5.74, 6) is -0.144. The van der Waals surface area contributed by atoms with E-state index in [0.29, 0.717) is 23.1 Å². The molecule has 220 valence electrons. The highest BCUT2D eigenvalue weighted by atomic mass is 35.5. The Morgan fingerprint density at radius 3 is 2.47 bits per heavy atom. The van der Waals surface area contributed by atoms with Crippen LogP contribution in [0.1, 0.15) is 35.8 Å². The van der Waals surface area contributed by atoms with E-state index in [1.54, 1.807) is 16.7 Å². The zero-order valence-electron chi connectivity index (χ0n) is 24.1. The number of fused-ring (bicyclic) bond motifs is 1. The number of carboxylic acids is 1. The number of ether oxygens (including phenoxy) is 1. The number of benzene rings is 3. The largest absolute Gasteiger partial charge is 0.478 e. The number of piperazine rings is 1. The van der Waals surface area contributed by atoms with Crippen molar-refractivity contribution < 1.29 is 14.6 Å². The van der Waals surface area contributed by atoms with Crippen LogP contribution in [0.3, 0.4) is 0 Å². The van der Waals surface area contributed by atoms with E-state index >= 15 is 0 Å². The minimum Gasteiger partial charge on any atom is -0.478 e. The second-order valence-corrected chi connectivity index (χ2v) is 11.6. The monoisotopic (exact) mass is 596 g/mol. The van der Waals surface area contributed by atoms with E-state index in [-0.39, 0.29) is 17.2 Å². The number of rotatable bonds is 8. The van der Waals surface area contributed by atoms with Crippen molar-refractivity contribution in [3.05, 3.63) is 112 Å². The van der Waals surface area contributed by atoms with Gasteiger partial charge in [0.1, 0.15) is 17.1 Å². The third kappa shape index (κ3) is 6.16. The Balaban J connectivity index is 1.20. The van der Waals surface area contributed by atoms with Gasteiger partial charge in [0, 0.05) is 84.9 Å². The van der Waals surface area contributed by atoms with Gasteiger partial charge >= 0.3 is 5.97 Å². The van der Waals surface area contributed by atoms with Gasteiger partial charge in [-0.05, 0) is 79.1 Å². The highest BCUT2D eigenvalue weighted by Gasteiger charge is 2.22. The van der Waals surface area contributed by atoms with E-state index in [0.717, 1.165) is 59.5 Å². The molecule has 0 atom stereocenters. The van der Waals surface area contributed by atoms with Gasteiger partial charge in [0.05, 0.1) is 0 Å². The van der Waals surface area contributed by atoms with Crippen molar-refractivity contribution in [1.82, 2.24) is 14.5 Å². The molecule has 0 spiro atoms. The molecule has 0 unspecified atom stereocenters. The summed E-state index contributed by atoms with van der Waals surface area (Å²) < 4.78 is 7.90. The maximum Gasteiger partial charge on any atom is 0.339 e. The molecule has 43 heavy (non-hydrogen) atoms. The zero-order valence-corrected chi connectivity index (χ0v) is 24.8. The van der Waals surface area contributed by atoms with E-state index in [9.17, 15) is 14.7 Å². The van der Waals surface area contributed by atoms with Crippen LogP contribution in [0.4, 0.5) is 5.69 Å². The Kier molecular flexibility index (Phi) is 7.97. The molecule has 1 aliphatic rings. The number of pyridine rings is 1. The summed E-state index contributed by atoms with van der Waals surface area (Å²) in [6.45, 7) is 7.87. The predicted octanol–water partition coefficient (Wildman–Crippen LogP) is 7.04. The van der Waals surface area contributed by atoms with E-state index in [4.69, 9.17) is 16.3 Å². The first-order chi connectivity index (χ1) is 20.7. The van der Waals surface area contributed by atoms with Crippen LogP contribution in [-0.2, 0) is 6.54 Å². The number of aromatic amines is 1. The average molecular weight is 597 g/mol. The van der Waals surface area contributed by atoms with E-state index < -0.39 is 5.97 Å². The first kappa shape index (κ1) is 28.6. The van der Waals surface area contributed by atoms with Crippen molar-refractivity contribution in [2.75, 3.05) is 31.1 Å². The number of anilines is 1. The first-order valence-corrected chi connectivity index (χ1v) is 14.7. The molecule has 3 aromatic carbocycles. The summed E-state index contributed by atoms with van der Waals surface area (Å²) in [5.41, 5.74) is 4.97. The molecule has 1 fully saturated rings. The van der Waals surface area contributed by atoms with Gasteiger partial charge in [-0.15, -0.1) is 0 Å². The van der Waals surface area contributed by atoms with Crippen molar-refractivity contribution in [2.24, 2.45) is 0 Å². The topological polar surface area (TPSA) is 90.8 Å². The lowest BCUT2D eigenvalue weighted by molar-refractivity contribution is 0.0694. The molecule has 0 radical (unpaired) electrons. The van der Waals surface area contributed by atoms with Gasteiger partial charge < -0.3 is 24.3 Å². The number of nitrogens with zero attached hydrogens (tertiary/aromatic N) is 3. The molecule has 0 amide bonds. The third-order valence-electron chi connectivity index (χ3n) is 7.95. The lowest BCUT2D eigenvalue weighted by Gasteiger charge is -2.36. The number of hydrogen-bond donors (Lipinski definition) is 2. The summed E-state index contributed by atoms with van der Waals surface area (Å²) in [6, 6.07) is 22.2. The first-order valence-electron chi connectivity index (χ1n) is 14.4. The molecule has 1 aliphatic heterocycles. The Morgan fingerprint density at radius 1 is 0.977 bits per heavy atom.